The summed E-state index contributed by atoms with van der Waals surface area (Å²) in [6.07, 6.45) is 0. The summed E-state index contributed by atoms with van der Waals surface area (Å²) >= 11 is 0. The van der Waals surface area contributed by atoms with Gasteiger partial charge in [-0.05, 0) is 0 Å². The van der Waals surface area contributed by atoms with Crippen molar-refractivity contribution in [2.24, 2.45) is 0 Å². The van der Waals surface area contributed by atoms with Crippen LogP contribution in [0.5, 0.6) is 0 Å². The average molecular weight is 255 g/mol. The van der Waals surface area contributed by atoms with Gasteiger partial charge in [-0.25, -0.2) is 4.57 Å². The summed E-state index contributed by atoms with van der Waals surface area (Å²) in [4.78, 5) is 21.6. The van der Waals surface area contributed by atoms with Gasteiger partial charge in [0.25, 0.3) is 0 Å². The Morgan fingerprint density at radius 3 is 0.900 bits per heavy atom. The molecule has 0 heterocycles. The summed E-state index contributed by atoms with van der Waals surface area (Å²) in [5, 5.41) is 0. The molecule has 0 bridgehead atoms. The molecular weight excluding hydrogens is 245 g/mol. The molecule has 0 rings (SSSR count). The molecule has 54 valence electrons. The molecule has 5 nitrogen and oxygen atoms in total. The maximum absolute atomic E-state index is 8.88. The van der Waals surface area contributed by atoms with Crippen molar-refractivity contribution in [1.29, 1.82) is 0 Å². The van der Waals surface area contributed by atoms with E-state index in [-0.39, 0.29) is 165 Å². The third-order valence-electron chi connectivity index (χ3n) is 0. The predicted octanol–water partition coefficient (Wildman–Crippen LogP) is -2.56. The van der Waals surface area contributed by atoms with Crippen molar-refractivity contribution in [2.45, 2.75) is 0 Å². The molecule has 0 amide bonds. The van der Waals surface area contributed by atoms with Gasteiger partial charge in [-0.3, -0.25) is 4.70 Å². The zero-order valence-electron chi connectivity index (χ0n) is 3.31. The van der Waals surface area contributed by atoms with Crippen molar-refractivity contribution in [2.75, 3.05) is 0 Å². The first-order valence-corrected chi connectivity index (χ1v) is 2.35. The number of hydrogen-bond donors (Lipinski definition) is 4. The molecule has 0 spiro atoms. The monoisotopic (exact) mass is 255 g/mol. The molecule has 0 aliphatic heterocycles. The second-order valence-corrected chi connectivity index (χ2v) is 1.54. The number of halogens is 1. The van der Waals surface area contributed by atoms with Gasteiger partial charge in [-0.15, -0.1) is 0 Å². The summed E-state index contributed by atoms with van der Waals surface area (Å²) in [5.41, 5.74) is 0. The van der Waals surface area contributed by atoms with E-state index in [1.807, 2.05) is 0 Å². The van der Waals surface area contributed by atoms with Gasteiger partial charge in [-0.1, -0.05) is 0 Å². The molecular formula is H10FK3NO4P. The number of rotatable bonds is 0. The first kappa shape index (κ1) is 36.3. The van der Waals surface area contributed by atoms with Crippen molar-refractivity contribution in [3.05, 3.63) is 0 Å². The molecule has 0 aromatic heterocycles. The van der Waals surface area contributed by atoms with Crippen LogP contribution in [0.2, 0.25) is 0 Å². The first-order chi connectivity index (χ1) is 2.00. The van der Waals surface area contributed by atoms with Crippen LogP contribution in [0.3, 0.4) is 0 Å². The van der Waals surface area contributed by atoms with Crippen molar-refractivity contribution in [3.8, 4) is 0 Å². The van der Waals surface area contributed by atoms with Gasteiger partial charge in [0.05, 0.1) is 0 Å². The molecule has 6 N–H and O–H groups in total. The van der Waals surface area contributed by atoms with Crippen LogP contribution in [0.1, 0.15) is 0 Å². The van der Waals surface area contributed by atoms with Crippen LogP contribution < -0.4 is 6.15 Å². The van der Waals surface area contributed by atoms with Crippen molar-refractivity contribution in [3.63, 3.8) is 0 Å². The Morgan fingerprint density at radius 1 is 0.900 bits per heavy atom. The topological polar surface area (TPSA) is 113 Å². The maximum atomic E-state index is 8.88. The molecule has 0 aromatic rings. The molecule has 10 heavy (non-hydrogen) atoms. The second-order valence-electron chi connectivity index (χ2n) is 0.513. The molecule has 0 fully saturated rings. The van der Waals surface area contributed by atoms with Gasteiger partial charge in [0.2, 0.25) is 0 Å². The van der Waals surface area contributed by atoms with Crippen LogP contribution >= 0.6 is 7.82 Å². The van der Waals surface area contributed by atoms with Crippen LogP contribution in [-0.2, 0) is 4.57 Å². The molecule has 0 aliphatic rings. The van der Waals surface area contributed by atoms with E-state index in [4.69, 9.17) is 19.2 Å². The van der Waals surface area contributed by atoms with Crippen LogP contribution in [0.15, 0.2) is 0 Å². The average Bonchev–Trinajstić information content (AvgIpc) is 0.722. The van der Waals surface area contributed by atoms with Crippen LogP contribution in [-0.4, -0.2) is 169 Å². The van der Waals surface area contributed by atoms with E-state index in [9.17, 15) is 0 Å². The molecule has 0 atom stereocenters. The Kier molecular flexibility index (Phi) is 70.8. The van der Waals surface area contributed by atoms with Gasteiger partial charge in [0, 0.05) is 0 Å². The van der Waals surface area contributed by atoms with E-state index in [0.29, 0.717) is 0 Å². The SMILES string of the molecule is F.N.O=P(O)(O)O.[KH].[KH].[KH]. The third kappa shape index (κ3) is 76.0. The standard InChI is InChI=1S/FH.3K.H3N.H3O4P.3H/c;;;;;1-5(2,3)4;;;/h1H;;;;1H3;(H3,1,2,3,4);;;. The van der Waals surface area contributed by atoms with Crippen LogP contribution in [0, 0.1) is 0 Å². The Labute approximate surface area is 186 Å². The fourth-order valence-electron chi connectivity index (χ4n) is 0. The number of hydrogen-bond acceptors (Lipinski definition) is 2. The molecule has 0 aromatic carbocycles. The molecule has 0 radical (unpaired) electrons. The summed E-state index contributed by atoms with van der Waals surface area (Å²) in [6, 6.07) is 0. The Morgan fingerprint density at radius 2 is 0.900 bits per heavy atom. The quantitative estimate of drug-likeness (QED) is 0.281. The first-order valence-electron chi connectivity index (χ1n) is 0.783. The van der Waals surface area contributed by atoms with E-state index in [1.54, 1.807) is 0 Å². The Hall–Kier alpha value is 4.91. The third-order valence-corrected chi connectivity index (χ3v) is 0. The fourth-order valence-corrected chi connectivity index (χ4v) is 0. The van der Waals surface area contributed by atoms with Gasteiger partial charge in [-0.2, -0.15) is 0 Å². The second kappa shape index (κ2) is 19.5. The normalized spacial score (nSPS) is 5.90. The van der Waals surface area contributed by atoms with Crippen molar-refractivity contribution < 1.29 is 23.9 Å². The fraction of sp³-hybridized carbons (Fsp3) is 0. The van der Waals surface area contributed by atoms with Gasteiger partial charge < -0.3 is 20.8 Å². The van der Waals surface area contributed by atoms with Crippen LogP contribution in [0.4, 0.5) is 4.70 Å². The summed E-state index contributed by atoms with van der Waals surface area (Å²) in [7, 11) is -4.64. The number of phosphoric acid groups is 1. The zero-order chi connectivity index (χ0) is 4.50. The van der Waals surface area contributed by atoms with E-state index in [0.717, 1.165) is 0 Å². The van der Waals surface area contributed by atoms with E-state index in [2.05, 4.69) is 0 Å². The van der Waals surface area contributed by atoms with E-state index < -0.39 is 7.82 Å². The van der Waals surface area contributed by atoms with Gasteiger partial charge in [0.1, 0.15) is 0 Å². The Bertz CT molecular complexity index is 66.6. The molecule has 10 heteroatoms. The molecule has 0 unspecified atom stereocenters. The van der Waals surface area contributed by atoms with Gasteiger partial charge >= 0.3 is 162 Å². The minimum absolute atomic E-state index is 0. The predicted molar refractivity (Wildman–Crippen MR) is 43.2 cm³/mol. The van der Waals surface area contributed by atoms with E-state index >= 15 is 0 Å². The molecule has 0 saturated carbocycles. The van der Waals surface area contributed by atoms with Crippen molar-refractivity contribution in [1.82, 2.24) is 6.15 Å². The molecule has 0 saturated heterocycles. The summed E-state index contributed by atoms with van der Waals surface area (Å²) < 4.78 is 8.88. The van der Waals surface area contributed by atoms with Crippen molar-refractivity contribution >= 4 is 162 Å². The summed E-state index contributed by atoms with van der Waals surface area (Å²) in [5.74, 6) is 0. The zero-order valence-corrected chi connectivity index (χ0v) is 4.21. The molecule has 0 aliphatic carbocycles. The Balaban J connectivity index is -0.00000000800. The van der Waals surface area contributed by atoms with E-state index in [1.165, 1.54) is 0 Å². The minimum atomic E-state index is -4.64. The summed E-state index contributed by atoms with van der Waals surface area (Å²) in [6.45, 7) is 0. The van der Waals surface area contributed by atoms with Gasteiger partial charge in [0.15, 0.2) is 0 Å². The van der Waals surface area contributed by atoms with Crippen LogP contribution in [0.25, 0.3) is 0 Å².